The molecule has 0 saturated carbocycles. The number of carbonyl (C=O) groups excluding carboxylic acids is 1. The first kappa shape index (κ1) is 13.9. The van der Waals surface area contributed by atoms with Gasteiger partial charge in [0, 0.05) is 30.1 Å². The number of rotatable bonds is 3. The number of azide groups is 1. The van der Waals surface area contributed by atoms with Crippen LogP contribution in [-0.2, 0) is 11.2 Å². The monoisotopic (exact) mass is 304 g/mol. The molecule has 1 aliphatic carbocycles. The zero-order valence-electron chi connectivity index (χ0n) is 12.6. The Bertz CT molecular complexity index is 839. The van der Waals surface area contributed by atoms with Crippen molar-refractivity contribution in [3.8, 4) is 11.1 Å². The fourth-order valence-electron chi connectivity index (χ4n) is 3.60. The Kier molecular flexibility index (Phi) is 3.28. The number of fused-ring (bicyclic) bond motifs is 3. The van der Waals surface area contributed by atoms with Gasteiger partial charge in [0.2, 0.25) is 5.91 Å². The highest BCUT2D eigenvalue weighted by Crippen LogP contribution is 2.39. The van der Waals surface area contributed by atoms with E-state index in [4.69, 9.17) is 5.53 Å². The summed E-state index contributed by atoms with van der Waals surface area (Å²) in [4.78, 5) is 16.9. The molecular formula is C18H16N4O. The van der Waals surface area contributed by atoms with E-state index in [1.54, 1.807) is 0 Å². The SMILES string of the molecule is [N-]=[N+]=NCC1CC(=O)N(c2ccc3c(c2)Cc2ccccc2-3)C1. The summed E-state index contributed by atoms with van der Waals surface area (Å²) >= 11 is 0. The average molecular weight is 304 g/mol. The van der Waals surface area contributed by atoms with Gasteiger partial charge in [-0.1, -0.05) is 35.4 Å². The van der Waals surface area contributed by atoms with Crippen LogP contribution in [0.15, 0.2) is 47.6 Å². The zero-order chi connectivity index (χ0) is 15.8. The predicted molar refractivity (Wildman–Crippen MR) is 89.2 cm³/mol. The molecule has 1 saturated heterocycles. The first-order valence-corrected chi connectivity index (χ1v) is 7.78. The fourth-order valence-corrected chi connectivity index (χ4v) is 3.60. The standard InChI is InChI=1S/C18H16N4O/c19-21-20-10-12-7-18(23)22(11-12)15-5-6-17-14(9-15)8-13-3-1-2-4-16(13)17/h1-6,9,12H,7-8,10-11H2. The first-order chi connectivity index (χ1) is 11.3. The fraction of sp³-hybridized carbons (Fsp3) is 0.278. The van der Waals surface area contributed by atoms with Gasteiger partial charge >= 0.3 is 0 Å². The molecule has 23 heavy (non-hydrogen) atoms. The molecule has 1 atom stereocenters. The molecule has 4 rings (SSSR count). The topological polar surface area (TPSA) is 69.1 Å². The summed E-state index contributed by atoms with van der Waals surface area (Å²) in [6.45, 7) is 1.01. The Balaban J connectivity index is 1.61. The normalized spacial score (nSPS) is 18.5. The van der Waals surface area contributed by atoms with E-state index in [2.05, 4.69) is 46.4 Å². The molecule has 5 heteroatoms. The zero-order valence-corrected chi connectivity index (χ0v) is 12.6. The van der Waals surface area contributed by atoms with E-state index in [-0.39, 0.29) is 11.8 Å². The van der Waals surface area contributed by atoms with Gasteiger partial charge in [0.15, 0.2) is 0 Å². The Morgan fingerprint density at radius 1 is 1.17 bits per heavy atom. The second kappa shape index (κ2) is 5.45. The summed E-state index contributed by atoms with van der Waals surface area (Å²) in [5, 5.41) is 3.60. The molecule has 0 N–H and O–H groups in total. The summed E-state index contributed by atoms with van der Waals surface area (Å²) in [7, 11) is 0. The molecule has 0 radical (unpaired) electrons. The largest absolute Gasteiger partial charge is 0.312 e. The van der Waals surface area contributed by atoms with E-state index in [9.17, 15) is 4.79 Å². The molecule has 114 valence electrons. The maximum atomic E-state index is 12.3. The van der Waals surface area contributed by atoms with Gasteiger partial charge in [-0.2, -0.15) is 0 Å². The predicted octanol–water partition coefficient (Wildman–Crippen LogP) is 3.92. The molecule has 1 fully saturated rings. The summed E-state index contributed by atoms with van der Waals surface area (Å²) in [5.74, 6) is 0.224. The molecular weight excluding hydrogens is 288 g/mol. The molecule has 2 aliphatic rings. The van der Waals surface area contributed by atoms with Crippen molar-refractivity contribution in [1.29, 1.82) is 0 Å². The van der Waals surface area contributed by atoms with Crippen LogP contribution in [0.4, 0.5) is 5.69 Å². The highest BCUT2D eigenvalue weighted by Gasteiger charge is 2.31. The van der Waals surface area contributed by atoms with Gasteiger partial charge in [0.25, 0.3) is 0 Å². The lowest BCUT2D eigenvalue weighted by Gasteiger charge is -2.17. The van der Waals surface area contributed by atoms with Crippen molar-refractivity contribution < 1.29 is 4.79 Å². The smallest absolute Gasteiger partial charge is 0.227 e. The van der Waals surface area contributed by atoms with Crippen LogP contribution in [0, 0.1) is 5.92 Å². The highest BCUT2D eigenvalue weighted by atomic mass is 16.2. The molecule has 5 nitrogen and oxygen atoms in total. The summed E-state index contributed by atoms with van der Waals surface area (Å²) < 4.78 is 0. The van der Waals surface area contributed by atoms with Crippen LogP contribution in [0.5, 0.6) is 0 Å². The van der Waals surface area contributed by atoms with Crippen LogP contribution in [0.25, 0.3) is 21.6 Å². The van der Waals surface area contributed by atoms with Gasteiger partial charge in [-0.3, -0.25) is 4.79 Å². The number of benzene rings is 2. The quantitative estimate of drug-likeness (QED) is 0.411. The molecule has 0 spiro atoms. The van der Waals surface area contributed by atoms with Crippen LogP contribution in [-0.4, -0.2) is 19.0 Å². The number of nitrogens with zero attached hydrogens (tertiary/aromatic N) is 4. The van der Waals surface area contributed by atoms with Crippen LogP contribution in [0.3, 0.4) is 0 Å². The number of carbonyl (C=O) groups is 1. The lowest BCUT2D eigenvalue weighted by atomic mass is 10.1. The van der Waals surface area contributed by atoms with Gasteiger partial charge in [0.05, 0.1) is 0 Å². The Morgan fingerprint density at radius 2 is 2.00 bits per heavy atom. The van der Waals surface area contributed by atoms with Crippen LogP contribution >= 0.6 is 0 Å². The summed E-state index contributed by atoms with van der Waals surface area (Å²) in [6, 6.07) is 14.7. The lowest BCUT2D eigenvalue weighted by Crippen LogP contribution is -2.24. The van der Waals surface area contributed by atoms with Crippen molar-refractivity contribution in [1.82, 2.24) is 0 Å². The van der Waals surface area contributed by atoms with Crippen LogP contribution in [0.1, 0.15) is 17.5 Å². The Hall–Kier alpha value is -2.78. The van der Waals surface area contributed by atoms with Crippen LogP contribution in [0.2, 0.25) is 0 Å². The minimum absolute atomic E-state index is 0.110. The summed E-state index contributed by atoms with van der Waals surface area (Å²) in [6.07, 6.45) is 1.37. The second-order valence-electron chi connectivity index (χ2n) is 6.16. The van der Waals surface area contributed by atoms with Crippen molar-refractivity contribution in [2.45, 2.75) is 12.8 Å². The molecule has 2 aromatic carbocycles. The van der Waals surface area contributed by atoms with E-state index in [0.29, 0.717) is 19.5 Å². The average Bonchev–Trinajstić information content (AvgIpc) is 3.12. The third kappa shape index (κ3) is 2.35. The Morgan fingerprint density at radius 3 is 2.87 bits per heavy atom. The van der Waals surface area contributed by atoms with Crippen molar-refractivity contribution >= 4 is 11.6 Å². The number of anilines is 1. The van der Waals surface area contributed by atoms with Crippen molar-refractivity contribution in [2.24, 2.45) is 11.0 Å². The van der Waals surface area contributed by atoms with Crippen molar-refractivity contribution in [2.75, 3.05) is 18.0 Å². The van der Waals surface area contributed by atoms with Crippen molar-refractivity contribution in [3.05, 3.63) is 64.0 Å². The van der Waals surface area contributed by atoms with E-state index < -0.39 is 0 Å². The van der Waals surface area contributed by atoms with Gasteiger partial charge in [-0.15, -0.1) is 0 Å². The third-order valence-electron chi connectivity index (χ3n) is 4.70. The van der Waals surface area contributed by atoms with Gasteiger partial charge in [-0.05, 0) is 52.3 Å². The molecule has 0 bridgehead atoms. The minimum Gasteiger partial charge on any atom is -0.312 e. The molecule has 1 aliphatic heterocycles. The highest BCUT2D eigenvalue weighted by molar-refractivity contribution is 5.96. The van der Waals surface area contributed by atoms with E-state index in [1.807, 2.05) is 11.0 Å². The third-order valence-corrected chi connectivity index (χ3v) is 4.70. The molecule has 1 unspecified atom stereocenters. The van der Waals surface area contributed by atoms with Gasteiger partial charge in [-0.25, -0.2) is 0 Å². The van der Waals surface area contributed by atoms with Gasteiger partial charge in [0.1, 0.15) is 0 Å². The molecule has 0 aromatic heterocycles. The second-order valence-corrected chi connectivity index (χ2v) is 6.16. The first-order valence-electron chi connectivity index (χ1n) is 7.78. The number of hydrogen-bond donors (Lipinski definition) is 0. The van der Waals surface area contributed by atoms with E-state index in [1.165, 1.54) is 22.3 Å². The lowest BCUT2D eigenvalue weighted by molar-refractivity contribution is -0.117. The molecule has 1 heterocycles. The Labute approximate surface area is 134 Å². The number of hydrogen-bond acceptors (Lipinski definition) is 2. The maximum absolute atomic E-state index is 12.3. The molecule has 2 aromatic rings. The van der Waals surface area contributed by atoms with E-state index in [0.717, 1.165) is 12.1 Å². The van der Waals surface area contributed by atoms with Gasteiger partial charge < -0.3 is 4.90 Å². The molecule has 1 amide bonds. The number of amides is 1. The maximum Gasteiger partial charge on any atom is 0.227 e. The summed E-state index contributed by atoms with van der Waals surface area (Å²) in [5.41, 5.74) is 14.6. The van der Waals surface area contributed by atoms with Crippen LogP contribution < -0.4 is 4.90 Å². The minimum atomic E-state index is 0.110. The van der Waals surface area contributed by atoms with Crippen molar-refractivity contribution in [3.63, 3.8) is 0 Å². The van der Waals surface area contributed by atoms with E-state index >= 15 is 0 Å².